The van der Waals surface area contributed by atoms with Crippen molar-refractivity contribution in [3.63, 3.8) is 0 Å². The Labute approximate surface area is 158 Å². The SMILES string of the molecule is O=C(CCc1ccc(Cl)cc1)Nc1nc(-c2ccc([N+](=O)[O-])cc2)cs1. The van der Waals surface area contributed by atoms with Crippen LogP contribution in [0.4, 0.5) is 10.8 Å². The number of aromatic nitrogens is 1. The number of nitrogens with one attached hydrogen (secondary N) is 1. The highest BCUT2D eigenvalue weighted by molar-refractivity contribution is 7.14. The number of amides is 1. The van der Waals surface area contributed by atoms with Gasteiger partial charge in [0.1, 0.15) is 0 Å². The monoisotopic (exact) mass is 387 g/mol. The van der Waals surface area contributed by atoms with Crippen LogP contribution >= 0.6 is 22.9 Å². The predicted octanol–water partition coefficient (Wildman–Crippen LogP) is 4.94. The maximum Gasteiger partial charge on any atom is 0.269 e. The van der Waals surface area contributed by atoms with Crippen LogP contribution in [0.3, 0.4) is 0 Å². The number of carbonyl (C=O) groups excluding carboxylic acids is 1. The van der Waals surface area contributed by atoms with Gasteiger partial charge in [-0.3, -0.25) is 14.9 Å². The summed E-state index contributed by atoms with van der Waals surface area (Å²) in [6, 6.07) is 13.5. The third kappa shape index (κ3) is 4.65. The molecule has 1 aromatic heterocycles. The van der Waals surface area contributed by atoms with Crippen LogP contribution in [0.15, 0.2) is 53.9 Å². The standard InChI is InChI=1S/C18H14ClN3O3S/c19-14-6-1-12(2-7-14)3-10-17(23)21-18-20-16(11-26-18)13-4-8-15(9-5-13)22(24)25/h1-2,4-9,11H,3,10H2,(H,20,21,23). The number of nitro groups is 1. The fraction of sp³-hybridized carbons (Fsp3) is 0.111. The molecular formula is C18H14ClN3O3S. The molecule has 3 aromatic rings. The molecule has 6 nitrogen and oxygen atoms in total. The van der Waals surface area contributed by atoms with Gasteiger partial charge in [-0.15, -0.1) is 11.3 Å². The Hall–Kier alpha value is -2.77. The Balaban J connectivity index is 1.58. The Morgan fingerprint density at radius 3 is 2.50 bits per heavy atom. The first-order valence-corrected chi connectivity index (χ1v) is 9.02. The zero-order chi connectivity index (χ0) is 18.5. The molecule has 0 fully saturated rings. The minimum absolute atomic E-state index is 0.0275. The molecule has 2 aromatic carbocycles. The highest BCUT2D eigenvalue weighted by Gasteiger charge is 2.10. The summed E-state index contributed by atoms with van der Waals surface area (Å²) < 4.78 is 0. The topological polar surface area (TPSA) is 85.1 Å². The van der Waals surface area contributed by atoms with Crippen molar-refractivity contribution in [1.82, 2.24) is 4.98 Å². The van der Waals surface area contributed by atoms with Crippen molar-refractivity contribution in [2.75, 3.05) is 5.32 Å². The van der Waals surface area contributed by atoms with E-state index >= 15 is 0 Å². The fourth-order valence-electron chi connectivity index (χ4n) is 2.31. The number of benzene rings is 2. The van der Waals surface area contributed by atoms with E-state index in [9.17, 15) is 14.9 Å². The molecule has 1 amide bonds. The molecule has 1 heterocycles. The first-order chi connectivity index (χ1) is 12.5. The van der Waals surface area contributed by atoms with Gasteiger partial charge in [0.25, 0.3) is 5.69 Å². The van der Waals surface area contributed by atoms with E-state index in [0.717, 1.165) is 11.1 Å². The zero-order valence-electron chi connectivity index (χ0n) is 13.5. The molecule has 0 aliphatic rings. The van der Waals surface area contributed by atoms with Crippen LogP contribution in [0.2, 0.25) is 5.02 Å². The lowest BCUT2D eigenvalue weighted by Crippen LogP contribution is -2.12. The number of hydrogen-bond donors (Lipinski definition) is 1. The molecule has 0 radical (unpaired) electrons. The molecule has 0 aliphatic heterocycles. The van der Waals surface area contributed by atoms with Crippen LogP contribution in [0, 0.1) is 10.1 Å². The number of thiazole rings is 1. The van der Waals surface area contributed by atoms with Crippen molar-refractivity contribution in [3.05, 3.63) is 74.6 Å². The molecule has 0 atom stereocenters. The van der Waals surface area contributed by atoms with Crippen LogP contribution in [-0.4, -0.2) is 15.8 Å². The predicted molar refractivity (Wildman–Crippen MR) is 103 cm³/mol. The number of carbonyl (C=O) groups is 1. The number of non-ortho nitro benzene ring substituents is 1. The number of anilines is 1. The lowest BCUT2D eigenvalue weighted by molar-refractivity contribution is -0.384. The minimum Gasteiger partial charge on any atom is -0.302 e. The summed E-state index contributed by atoms with van der Waals surface area (Å²) in [6.07, 6.45) is 0.956. The van der Waals surface area contributed by atoms with Crippen molar-refractivity contribution in [3.8, 4) is 11.3 Å². The second kappa shape index (κ2) is 8.07. The summed E-state index contributed by atoms with van der Waals surface area (Å²) in [7, 11) is 0. The first kappa shape index (κ1) is 18.0. The Kier molecular flexibility index (Phi) is 5.60. The smallest absolute Gasteiger partial charge is 0.269 e. The zero-order valence-corrected chi connectivity index (χ0v) is 15.1. The summed E-state index contributed by atoms with van der Waals surface area (Å²) in [5.74, 6) is -0.121. The quantitative estimate of drug-likeness (QED) is 0.479. The number of nitrogens with zero attached hydrogens (tertiary/aromatic N) is 2. The summed E-state index contributed by atoms with van der Waals surface area (Å²) in [5.41, 5.74) is 2.49. The van der Waals surface area contributed by atoms with Gasteiger partial charge >= 0.3 is 0 Å². The molecule has 1 N–H and O–H groups in total. The highest BCUT2D eigenvalue weighted by Crippen LogP contribution is 2.26. The van der Waals surface area contributed by atoms with Crippen molar-refractivity contribution >= 4 is 39.7 Å². The number of nitro benzene ring substituents is 1. The molecular weight excluding hydrogens is 374 g/mol. The number of halogens is 1. The van der Waals surface area contributed by atoms with Crippen LogP contribution in [0.5, 0.6) is 0 Å². The average Bonchev–Trinajstić information content (AvgIpc) is 3.10. The maximum atomic E-state index is 12.1. The van der Waals surface area contributed by atoms with Crippen molar-refractivity contribution in [2.24, 2.45) is 0 Å². The van der Waals surface area contributed by atoms with Crippen molar-refractivity contribution in [2.45, 2.75) is 12.8 Å². The van der Waals surface area contributed by atoms with Gasteiger partial charge in [-0.25, -0.2) is 4.98 Å². The average molecular weight is 388 g/mol. The Bertz CT molecular complexity index is 924. The van der Waals surface area contributed by atoms with Gasteiger partial charge in [0.2, 0.25) is 5.91 Å². The molecule has 132 valence electrons. The highest BCUT2D eigenvalue weighted by atomic mass is 35.5. The van der Waals surface area contributed by atoms with Gasteiger partial charge in [0.15, 0.2) is 5.13 Å². The van der Waals surface area contributed by atoms with Gasteiger partial charge < -0.3 is 5.32 Å². The molecule has 0 aliphatic carbocycles. The van der Waals surface area contributed by atoms with Gasteiger partial charge in [0, 0.05) is 34.5 Å². The van der Waals surface area contributed by atoms with Crippen LogP contribution < -0.4 is 5.32 Å². The third-order valence-electron chi connectivity index (χ3n) is 3.68. The van der Waals surface area contributed by atoms with E-state index in [0.29, 0.717) is 28.7 Å². The van der Waals surface area contributed by atoms with Crippen molar-refractivity contribution < 1.29 is 9.72 Å². The van der Waals surface area contributed by atoms with E-state index in [2.05, 4.69) is 10.3 Å². The van der Waals surface area contributed by atoms with Crippen LogP contribution in [0.25, 0.3) is 11.3 Å². The number of aryl methyl sites for hydroxylation is 1. The summed E-state index contributed by atoms with van der Waals surface area (Å²) in [6.45, 7) is 0. The first-order valence-electron chi connectivity index (χ1n) is 7.76. The molecule has 0 saturated heterocycles. The molecule has 26 heavy (non-hydrogen) atoms. The minimum atomic E-state index is -0.447. The summed E-state index contributed by atoms with van der Waals surface area (Å²) >= 11 is 7.15. The van der Waals surface area contributed by atoms with Gasteiger partial charge in [0.05, 0.1) is 10.6 Å². The van der Waals surface area contributed by atoms with E-state index in [1.165, 1.54) is 23.5 Å². The normalized spacial score (nSPS) is 10.5. The molecule has 0 bridgehead atoms. The second-order valence-electron chi connectivity index (χ2n) is 5.52. The second-order valence-corrected chi connectivity index (χ2v) is 6.81. The summed E-state index contributed by atoms with van der Waals surface area (Å²) in [5, 5.41) is 16.4. The molecule has 0 spiro atoms. The third-order valence-corrected chi connectivity index (χ3v) is 4.69. The largest absolute Gasteiger partial charge is 0.302 e. The number of rotatable bonds is 6. The van der Waals surface area contributed by atoms with Gasteiger partial charge in [-0.2, -0.15) is 0 Å². The fourth-order valence-corrected chi connectivity index (χ4v) is 3.17. The van der Waals surface area contributed by atoms with Gasteiger partial charge in [-0.05, 0) is 36.2 Å². The van der Waals surface area contributed by atoms with E-state index < -0.39 is 4.92 Å². The van der Waals surface area contributed by atoms with E-state index in [-0.39, 0.29) is 11.6 Å². The van der Waals surface area contributed by atoms with Gasteiger partial charge in [-0.1, -0.05) is 23.7 Å². The molecule has 8 heteroatoms. The summed E-state index contributed by atoms with van der Waals surface area (Å²) in [4.78, 5) is 26.7. The Morgan fingerprint density at radius 1 is 1.15 bits per heavy atom. The van der Waals surface area contributed by atoms with Crippen molar-refractivity contribution in [1.29, 1.82) is 0 Å². The molecule has 3 rings (SSSR count). The number of hydrogen-bond acceptors (Lipinski definition) is 5. The van der Waals surface area contributed by atoms with E-state index in [1.807, 2.05) is 12.1 Å². The van der Waals surface area contributed by atoms with Crippen LogP contribution in [-0.2, 0) is 11.2 Å². The van der Waals surface area contributed by atoms with Crippen LogP contribution in [0.1, 0.15) is 12.0 Å². The molecule has 0 saturated carbocycles. The lowest BCUT2D eigenvalue weighted by atomic mass is 10.1. The maximum absolute atomic E-state index is 12.1. The van der Waals surface area contributed by atoms with E-state index in [4.69, 9.17) is 11.6 Å². The lowest BCUT2D eigenvalue weighted by Gasteiger charge is -2.02. The molecule has 0 unspecified atom stereocenters. The Morgan fingerprint density at radius 2 is 1.85 bits per heavy atom. The van der Waals surface area contributed by atoms with E-state index in [1.54, 1.807) is 29.6 Å².